The van der Waals surface area contributed by atoms with Gasteiger partial charge in [0.25, 0.3) is 0 Å². The van der Waals surface area contributed by atoms with Crippen LogP contribution in [0.1, 0.15) is 68.0 Å². The van der Waals surface area contributed by atoms with Crippen molar-refractivity contribution in [2.45, 2.75) is 57.8 Å². The first-order valence-electron chi connectivity index (χ1n) is 9.50. The zero-order chi connectivity index (χ0) is 18.3. The third kappa shape index (κ3) is 3.24. The lowest BCUT2D eigenvalue weighted by atomic mass is 9.89. The Balaban J connectivity index is 1.46. The molecule has 0 aromatic carbocycles. The SMILES string of the molecule is CC(C)CN1CC(c2noc(C3CCc4c(nnn4C)C3)n2)CCC1=O. The standard InChI is InChI=1S/C18H26N6O2/c1-11(2)9-24-10-13(5-7-16(24)25)17-19-18(26-21-17)12-4-6-15-14(8-12)20-22-23(15)3/h11-13H,4-10H2,1-3H3. The zero-order valence-corrected chi connectivity index (χ0v) is 15.7. The molecule has 0 N–H and O–H groups in total. The number of amides is 1. The van der Waals surface area contributed by atoms with Crippen LogP contribution in [-0.4, -0.2) is 49.0 Å². The Morgan fingerprint density at radius 3 is 2.85 bits per heavy atom. The van der Waals surface area contributed by atoms with Gasteiger partial charge in [-0.3, -0.25) is 9.48 Å². The highest BCUT2D eigenvalue weighted by atomic mass is 16.5. The molecule has 0 spiro atoms. The normalized spacial score (nSPS) is 23.5. The predicted octanol–water partition coefficient (Wildman–Crippen LogP) is 1.83. The van der Waals surface area contributed by atoms with E-state index in [9.17, 15) is 4.79 Å². The second kappa shape index (κ2) is 6.81. The first-order chi connectivity index (χ1) is 12.5. The van der Waals surface area contributed by atoms with Gasteiger partial charge in [-0.05, 0) is 25.2 Å². The molecule has 1 aliphatic heterocycles. The van der Waals surface area contributed by atoms with Crippen molar-refractivity contribution >= 4 is 5.91 Å². The number of likely N-dealkylation sites (tertiary alicyclic amines) is 1. The Morgan fingerprint density at radius 1 is 1.23 bits per heavy atom. The van der Waals surface area contributed by atoms with Crippen molar-refractivity contribution < 1.29 is 9.32 Å². The molecule has 1 saturated heterocycles. The van der Waals surface area contributed by atoms with E-state index in [1.807, 2.05) is 16.6 Å². The average molecular weight is 358 g/mol. The summed E-state index contributed by atoms with van der Waals surface area (Å²) in [5.74, 6) is 2.51. The summed E-state index contributed by atoms with van der Waals surface area (Å²) in [6, 6.07) is 0. The lowest BCUT2D eigenvalue weighted by molar-refractivity contribution is -0.134. The number of aromatic nitrogens is 5. The summed E-state index contributed by atoms with van der Waals surface area (Å²) in [6.07, 6.45) is 4.06. The molecule has 1 amide bonds. The number of carbonyl (C=O) groups excluding carboxylic acids is 1. The fourth-order valence-electron chi connectivity index (χ4n) is 4.06. The molecule has 26 heavy (non-hydrogen) atoms. The van der Waals surface area contributed by atoms with Crippen LogP contribution in [0.2, 0.25) is 0 Å². The van der Waals surface area contributed by atoms with E-state index in [1.165, 1.54) is 5.69 Å². The van der Waals surface area contributed by atoms with Crippen LogP contribution >= 0.6 is 0 Å². The maximum Gasteiger partial charge on any atom is 0.230 e. The van der Waals surface area contributed by atoms with E-state index in [1.54, 1.807) is 0 Å². The van der Waals surface area contributed by atoms with Gasteiger partial charge in [-0.15, -0.1) is 5.10 Å². The summed E-state index contributed by atoms with van der Waals surface area (Å²) in [5, 5.41) is 12.6. The van der Waals surface area contributed by atoms with Crippen LogP contribution in [-0.2, 0) is 24.7 Å². The minimum atomic E-state index is 0.166. The fourth-order valence-corrected chi connectivity index (χ4v) is 4.06. The lowest BCUT2D eigenvalue weighted by Crippen LogP contribution is -2.41. The van der Waals surface area contributed by atoms with Gasteiger partial charge >= 0.3 is 0 Å². The molecule has 2 aromatic rings. The smallest absolute Gasteiger partial charge is 0.230 e. The van der Waals surface area contributed by atoms with Gasteiger partial charge in [-0.2, -0.15) is 4.98 Å². The fraction of sp³-hybridized carbons (Fsp3) is 0.722. The Labute approximate surface area is 152 Å². The maximum atomic E-state index is 12.1. The molecule has 2 aromatic heterocycles. The van der Waals surface area contributed by atoms with Gasteiger partial charge in [-0.1, -0.05) is 24.2 Å². The molecular weight excluding hydrogens is 332 g/mol. The Morgan fingerprint density at radius 2 is 2.04 bits per heavy atom. The predicted molar refractivity (Wildman–Crippen MR) is 93.5 cm³/mol. The Kier molecular flexibility index (Phi) is 4.50. The molecule has 1 fully saturated rings. The van der Waals surface area contributed by atoms with Crippen LogP contribution in [0.3, 0.4) is 0 Å². The van der Waals surface area contributed by atoms with Crippen molar-refractivity contribution in [3.63, 3.8) is 0 Å². The summed E-state index contributed by atoms with van der Waals surface area (Å²) < 4.78 is 7.46. The Hall–Kier alpha value is -2.25. The van der Waals surface area contributed by atoms with Crippen molar-refractivity contribution in [3.8, 4) is 0 Å². The molecule has 3 heterocycles. The second-order valence-corrected chi connectivity index (χ2v) is 7.97. The molecule has 8 heteroatoms. The van der Waals surface area contributed by atoms with E-state index in [-0.39, 0.29) is 17.7 Å². The van der Waals surface area contributed by atoms with E-state index in [0.29, 0.717) is 24.8 Å². The highest BCUT2D eigenvalue weighted by molar-refractivity contribution is 5.77. The molecule has 4 rings (SSSR count). The van der Waals surface area contributed by atoms with Crippen molar-refractivity contribution in [1.82, 2.24) is 30.0 Å². The molecule has 140 valence electrons. The second-order valence-electron chi connectivity index (χ2n) is 7.97. The maximum absolute atomic E-state index is 12.1. The summed E-state index contributed by atoms with van der Waals surface area (Å²) in [7, 11) is 1.93. The minimum Gasteiger partial charge on any atom is -0.342 e. The quantitative estimate of drug-likeness (QED) is 0.828. The largest absolute Gasteiger partial charge is 0.342 e. The topological polar surface area (TPSA) is 89.9 Å². The van der Waals surface area contributed by atoms with E-state index in [2.05, 4.69) is 29.3 Å². The molecule has 0 saturated carbocycles. The number of fused-ring (bicyclic) bond motifs is 1. The Bertz CT molecular complexity index is 795. The van der Waals surface area contributed by atoms with Gasteiger partial charge in [-0.25, -0.2) is 0 Å². The van der Waals surface area contributed by atoms with Crippen LogP contribution < -0.4 is 0 Å². The minimum absolute atomic E-state index is 0.166. The van der Waals surface area contributed by atoms with Crippen molar-refractivity contribution in [3.05, 3.63) is 23.1 Å². The highest BCUT2D eigenvalue weighted by Gasteiger charge is 2.32. The molecule has 2 atom stereocenters. The molecule has 8 nitrogen and oxygen atoms in total. The molecular formula is C18H26N6O2. The third-order valence-electron chi connectivity index (χ3n) is 5.45. The van der Waals surface area contributed by atoms with Crippen molar-refractivity contribution in [1.29, 1.82) is 0 Å². The number of aryl methyl sites for hydroxylation is 1. The van der Waals surface area contributed by atoms with Crippen LogP contribution in [0.5, 0.6) is 0 Å². The van der Waals surface area contributed by atoms with Crippen LogP contribution in [0.4, 0.5) is 0 Å². The van der Waals surface area contributed by atoms with E-state index in [0.717, 1.165) is 43.7 Å². The van der Waals surface area contributed by atoms with E-state index >= 15 is 0 Å². The van der Waals surface area contributed by atoms with Gasteiger partial charge in [0, 0.05) is 44.8 Å². The third-order valence-corrected chi connectivity index (χ3v) is 5.45. The summed E-state index contributed by atoms with van der Waals surface area (Å²) in [4.78, 5) is 18.8. The van der Waals surface area contributed by atoms with Crippen molar-refractivity contribution in [2.24, 2.45) is 13.0 Å². The van der Waals surface area contributed by atoms with Gasteiger partial charge in [0.2, 0.25) is 11.8 Å². The molecule has 2 unspecified atom stereocenters. The number of rotatable bonds is 4. The van der Waals surface area contributed by atoms with Gasteiger partial charge in [0.1, 0.15) is 0 Å². The number of hydrogen-bond acceptors (Lipinski definition) is 6. The van der Waals surface area contributed by atoms with Crippen LogP contribution in [0.15, 0.2) is 4.52 Å². The van der Waals surface area contributed by atoms with Gasteiger partial charge in [0.15, 0.2) is 5.82 Å². The summed E-state index contributed by atoms with van der Waals surface area (Å²) in [5.41, 5.74) is 2.24. The first-order valence-corrected chi connectivity index (χ1v) is 9.50. The van der Waals surface area contributed by atoms with Crippen LogP contribution in [0.25, 0.3) is 0 Å². The highest BCUT2D eigenvalue weighted by Crippen LogP contribution is 2.32. The number of piperidine rings is 1. The van der Waals surface area contributed by atoms with Crippen molar-refractivity contribution in [2.75, 3.05) is 13.1 Å². The lowest BCUT2D eigenvalue weighted by Gasteiger charge is -2.32. The van der Waals surface area contributed by atoms with Crippen LogP contribution in [0, 0.1) is 5.92 Å². The van der Waals surface area contributed by atoms with Gasteiger partial charge in [0.05, 0.1) is 11.4 Å². The molecule has 1 aliphatic carbocycles. The summed E-state index contributed by atoms with van der Waals surface area (Å²) in [6.45, 7) is 5.74. The zero-order valence-electron chi connectivity index (χ0n) is 15.7. The van der Waals surface area contributed by atoms with Gasteiger partial charge < -0.3 is 9.42 Å². The first kappa shape index (κ1) is 17.2. The van der Waals surface area contributed by atoms with E-state index < -0.39 is 0 Å². The number of nitrogens with zero attached hydrogens (tertiary/aromatic N) is 6. The number of carbonyl (C=O) groups is 1. The molecule has 2 aliphatic rings. The molecule has 0 radical (unpaired) electrons. The average Bonchev–Trinajstić information content (AvgIpc) is 3.24. The summed E-state index contributed by atoms with van der Waals surface area (Å²) >= 11 is 0. The van der Waals surface area contributed by atoms with E-state index in [4.69, 9.17) is 9.51 Å². The number of hydrogen-bond donors (Lipinski definition) is 0. The monoisotopic (exact) mass is 358 g/mol. The molecule has 0 bridgehead atoms.